The second-order valence-corrected chi connectivity index (χ2v) is 31.7. The average Bonchev–Trinajstić information content (AvgIpc) is 1.61. The minimum atomic E-state index is -1.35. The highest BCUT2D eigenvalue weighted by Gasteiger charge is 2.60. The van der Waals surface area contributed by atoms with Crippen LogP contribution in [-0.2, 0) is 107 Å². The summed E-state index contributed by atoms with van der Waals surface area (Å²) in [6.45, 7) is 7.81. The summed E-state index contributed by atoms with van der Waals surface area (Å²) in [4.78, 5) is 104. The first-order valence-corrected chi connectivity index (χ1v) is 41.8. The van der Waals surface area contributed by atoms with Gasteiger partial charge in [-0.05, 0) is 82.6 Å². The van der Waals surface area contributed by atoms with Crippen LogP contribution in [-0.4, -0.2) is 287 Å². The maximum absolute atomic E-state index is 14.0. The molecule has 33 heteroatoms. The lowest BCUT2D eigenvalue weighted by Crippen LogP contribution is -2.60. The van der Waals surface area contributed by atoms with Crippen molar-refractivity contribution in [3.63, 3.8) is 0 Å². The largest absolute Gasteiger partial charge is 0.461 e. The number of hydrogen-bond donors (Lipinski definition) is 12. The Bertz CT molecular complexity index is 2770. The van der Waals surface area contributed by atoms with Gasteiger partial charge in [-0.15, -0.1) is 0 Å². The second kappa shape index (κ2) is 51.7. The lowest BCUT2D eigenvalue weighted by atomic mass is 9.86. The molecule has 15 atom stereocenters. The van der Waals surface area contributed by atoms with E-state index in [1.54, 1.807) is 20.8 Å². The molecule has 114 heavy (non-hydrogen) atoms. The van der Waals surface area contributed by atoms with E-state index >= 15 is 0 Å². The van der Waals surface area contributed by atoms with E-state index in [-0.39, 0.29) is 202 Å². The van der Waals surface area contributed by atoms with E-state index < -0.39 is 77.8 Å². The first-order valence-electron chi connectivity index (χ1n) is 41.8. The van der Waals surface area contributed by atoms with Crippen molar-refractivity contribution < 1.29 is 131 Å². The lowest BCUT2D eigenvalue weighted by Gasteiger charge is -2.41. The van der Waals surface area contributed by atoms with E-state index in [0.29, 0.717) is 129 Å². The third-order valence-corrected chi connectivity index (χ3v) is 21.9. The normalized spacial score (nSPS) is 26.7. The van der Waals surface area contributed by atoms with Crippen molar-refractivity contribution in [1.82, 2.24) is 31.9 Å². The number of carbonyl (C=O) groups excluding carboxylic acids is 8. The molecule has 0 radical (unpaired) electrons. The van der Waals surface area contributed by atoms with Crippen LogP contribution in [0.5, 0.6) is 0 Å². The van der Waals surface area contributed by atoms with Gasteiger partial charge in [-0.2, -0.15) is 0 Å². The van der Waals surface area contributed by atoms with E-state index in [0.717, 1.165) is 50.5 Å². The summed E-state index contributed by atoms with van der Waals surface area (Å²) in [5.41, 5.74) is -3.79. The fourth-order valence-corrected chi connectivity index (χ4v) is 14.5. The number of nitrogens with one attached hydrogen (secondary N) is 6. The fourth-order valence-electron chi connectivity index (χ4n) is 14.5. The van der Waals surface area contributed by atoms with Gasteiger partial charge in [0, 0.05) is 128 Å². The third kappa shape index (κ3) is 32.6. The minimum absolute atomic E-state index is 0.0333. The Kier molecular flexibility index (Phi) is 43.4. The molecule has 6 heterocycles. The summed E-state index contributed by atoms with van der Waals surface area (Å²) in [6, 6.07) is 9.55. The molecule has 0 saturated carbocycles. The smallest absolute Gasteiger partial charge is 0.306 e. The van der Waals surface area contributed by atoms with Crippen molar-refractivity contribution in [2.24, 2.45) is 17.8 Å². The van der Waals surface area contributed by atoms with Crippen molar-refractivity contribution in [2.75, 3.05) is 132 Å². The third-order valence-electron chi connectivity index (χ3n) is 21.9. The minimum Gasteiger partial charge on any atom is -0.461 e. The molecule has 6 aliphatic rings. The fraction of sp³-hybridized carbons (Fsp3) is 0.827. The molecule has 0 aromatic heterocycles. The number of rotatable bonds is 63. The van der Waals surface area contributed by atoms with Crippen LogP contribution >= 0.6 is 0 Å². The monoisotopic (exact) mass is 1620 g/mol. The van der Waals surface area contributed by atoms with Crippen molar-refractivity contribution in [3.8, 4) is 0 Å². The number of hydrogen-bond acceptors (Lipinski definition) is 27. The Balaban J connectivity index is 0.822. The molecule has 7 rings (SSSR count). The number of aliphatic hydroxyl groups excluding tert-OH is 6. The molecule has 6 amide bonds. The standard InChI is InChI=1S/C81H134N6O27/c1-57-69(96)72(99)79(54-109-75(57)112-79)51-102-41-20-16-28-61(88)27-15-19-36-82-64(91)33-44-105-48-78(87-67(94)31-13-8-6-4-5-7-9-14-32-68(95)108-47-60-25-11-10-12-26-60,49-106-45-34-65(92)85-39-23-37-83-62(89)29-17-21-42-103-52-80-55-110-76(113-80)58(2)70(97)73(80)100)50-107-46-35-66(93)86-40-24-38-84-63(90)30-18-22-43-104-53-81-56-111-77(114-81)59(3)71(98)74(81)101/h10-12,25-26,57-59,69-77,96-101H,4-9,13-24,27-56H2,1-3H3,(H,82,91)(H,83,89)(H,84,90)(H,85,92)(H,86,93)(H,87,94)/t57-,58-,59-,69-,70-,71-,72-,73-,74-,75+,76+,77+,79+,80+,81+/m1/s1. The van der Waals surface area contributed by atoms with Crippen LogP contribution in [0.1, 0.15) is 200 Å². The van der Waals surface area contributed by atoms with Gasteiger partial charge in [0.2, 0.25) is 35.4 Å². The Morgan fingerprint density at radius 3 is 1.10 bits per heavy atom. The van der Waals surface area contributed by atoms with Crippen LogP contribution in [0.3, 0.4) is 0 Å². The summed E-state index contributed by atoms with van der Waals surface area (Å²) in [5, 5.41) is 80.6. The van der Waals surface area contributed by atoms with Crippen molar-refractivity contribution in [1.29, 1.82) is 0 Å². The number of benzene rings is 1. The molecule has 0 unspecified atom stereocenters. The Hall–Kier alpha value is -5.54. The maximum Gasteiger partial charge on any atom is 0.306 e. The Morgan fingerprint density at radius 1 is 0.377 bits per heavy atom. The summed E-state index contributed by atoms with van der Waals surface area (Å²) in [6.07, 6.45) is 5.76. The number of aliphatic hydroxyl groups is 6. The molecule has 33 nitrogen and oxygen atoms in total. The molecular formula is C81H134N6O27. The van der Waals surface area contributed by atoms with Crippen LogP contribution < -0.4 is 31.9 Å². The van der Waals surface area contributed by atoms with Gasteiger partial charge >= 0.3 is 5.97 Å². The number of amides is 6. The van der Waals surface area contributed by atoms with Gasteiger partial charge < -0.3 is 124 Å². The molecular weight excluding hydrogens is 1490 g/mol. The lowest BCUT2D eigenvalue weighted by molar-refractivity contribution is -0.248. The second-order valence-electron chi connectivity index (χ2n) is 31.7. The van der Waals surface area contributed by atoms with Gasteiger partial charge in [-0.3, -0.25) is 38.4 Å². The first kappa shape index (κ1) is 95.6. The van der Waals surface area contributed by atoms with E-state index in [1.165, 1.54) is 0 Å². The molecule has 12 N–H and O–H groups in total. The quantitative estimate of drug-likeness (QED) is 0.0329. The predicted octanol–water partition coefficient (Wildman–Crippen LogP) is 2.82. The van der Waals surface area contributed by atoms with Crippen molar-refractivity contribution >= 4 is 47.2 Å². The highest BCUT2D eigenvalue weighted by atomic mass is 16.8. The van der Waals surface area contributed by atoms with Crippen molar-refractivity contribution in [2.45, 2.75) is 279 Å². The molecule has 0 aliphatic carbocycles. The Labute approximate surface area is 671 Å². The molecule has 6 bridgehead atoms. The van der Waals surface area contributed by atoms with Crippen LogP contribution in [0.25, 0.3) is 0 Å². The van der Waals surface area contributed by atoms with Crippen LogP contribution in [0, 0.1) is 17.8 Å². The Morgan fingerprint density at radius 2 is 0.702 bits per heavy atom. The van der Waals surface area contributed by atoms with E-state index in [4.69, 9.17) is 61.6 Å². The summed E-state index contributed by atoms with van der Waals surface area (Å²) >= 11 is 0. The number of unbranched alkanes of at least 4 members (excludes halogenated alkanes) is 11. The van der Waals surface area contributed by atoms with Gasteiger partial charge in [-0.1, -0.05) is 89.6 Å². The summed E-state index contributed by atoms with van der Waals surface area (Å²) in [7, 11) is 0. The first-order chi connectivity index (χ1) is 55.0. The maximum atomic E-state index is 14.0. The molecule has 650 valence electrons. The number of ether oxygens (including phenoxy) is 13. The zero-order chi connectivity index (χ0) is 82.0. The van der Waals surface area contributed by atoms with Gasteiger partial charge in [0.15, 0.2) is 18.9 Å². The molecule has 1 aromatic carbocycles. The topological polar surface area (TPSA) is 450 Å². The number of ketones is 1. The van der Waals surface area contributed by atoms with E-state index in [9.17, 15) is 69.0 Å². The molecule has 1 aromatic rings. The van der Waals surface area contributed by atoms with Crippen LogP contribution in [0.4, 0.5) is 0 Å². The van der Waals surface area contributed by atoms with Crippen LogP contribution in [0.15, 0.2) is 30.3 Å². The van der Waals surface area contributed by atoms with Crippen LogP contribution in [0.2, 0.25) is 0 Å². The highest BCUT2D eigenvalue weighted by molar-refractivity contribution is 5.79. The number of Topliss-reactive ketones (excluding diaryl/α,β-unsaturated/α-hetero) is 1. The SMILES string of the molecule is C[C@H]1[C@H]2OC[C@](COCCCCC(=O)CCCCNC(=O)CCOCC(COCCC(=O)NCCCNC(=O)CCCCOC[C@@]34CO[C@@H](O3)[C@H](C)[C@@H](O)[C@H]4O)(COCCC(=O)NCCCNC(=O)CCCCOC[C@@]34CO[C@@H](O3)[C@H](C)[C@@H](O)[C@H]4O)NC(=O)CCCCCCCCCCC(=O)OCc3ccccc3)(O2)[C@H](O)[C@@H]1O. The van der Waals surface area contributed by atoms with Gasteiger partial charge in [-0.25, -0.2) is 0 Å². The molecule has 6 aliphatic heterocycles. The van der Waals surface area contributed by atoms with Gasteiger partial charge in [0.1, 0.15) is 53.0 Å². The predicted molar refractivity (Wildman–Crippen MR) is 411 cm³/mol. The summed E-state index contributed by atoms with van der Waals surface area (Å²) < 4.78 is 75.7. The van der Waals surface area contributed by atoms with E-state index in [2.05, 4.69) is 31.9 Å². The van der Waals surface area contributed by atoms with Gasteiger partial charge in [0.05, 0.1) is 97.6 Å². The number of carbonyl (C=O) groups is 8. The number of esters is 1. The summed E-state index contributed by atoms with van der Waals surface area (Å²) in [5.74, 6) is -2.76. The van der Waals surface area contributed by atoms with Gasteiger partial charge in [0.25, 0.3) is 0 Å². The molecule has 6 fully saturated rings. The zero-order valence-electron chi connectivity index (χ0n) is 67.5. The molecule has 0 spiro atoms. The highest BCUT2D eigenvalue weighted by Crippen LogP contribution is 2.43. The van der Waals surface area contributed by atoms with E-state index in [1.807, 2.05) is 30.3 Å². The zero-order valence-corrected chi connectivity index (χ0v) is 67.5. The average molecular weight is 1620 g/mol. The van der Waals surface area contributed by atoms with Crippen molar-refractivity contribution in [3.05, 3.63) is 35.9 Å². The number of fused-ring (bicyclic) bond motifs is 6. The molecule has 6 saturated heterocycles.